The predicted molar refractivity (Wildman–Crippen MR) is 108 cm³/mol. The van der Waals surface area contributed by atoms with Gasteiger partial charge in [-0.2, -0.15) is 4.31 Å². The molecule has 0 spiro atoms. The van der Waals surface area contributed by atoms with E-state index in [0.717, 1.165) is 5.52 Å². The van der Waals surface area contributed by atoms with Crippen molar-refractivity contribution in [3.63, 3.8) is 0 Å². The van der Waals surface area contributed by atoms with E-state index in [0.29, 0.717) is 49.1 Å². The van der Waals surface area contributed by atoms with Gasteiger partial charge in [0, 0.05) is 19.6 Å². The number of thiophene rings is 1. The number of sulfonamides is 1. The van der Waals surface area contributed by atoms with E-state index >= 15 is 0 Å². The van der Waals surface area contributed by atoms with Crippen LogP contribution in [0, 0.1) is 0 Å². The Balaban J connectivity index is 1.61. The number of morpholine rings is 1. The molecule has 1 aliphatic heterocycles. The first-order chi connectivity index (χ1) is 14.0. The summed E-state index contributed by atoms with van der Waals surface area (Å²) in [6.45, 7) is 4.08. The molecule has 29 heavy (non-hydrogen) atoms. The average molecular weight is 436 g/mol. The summed E-state index contributed by atoms with van der Waals surface area (Å²) in [5.74, 6) is 0.179. The fraction of sp³-hybridized carbons (Fsp3) is 0.368. The SMILES string of the molecule is CCn1c(COC(=O)c2cccs2)nc2cc(S(=O)(=O)N3CCOCC3)ccc21. The van der Waals surface area contributed by atoms with E-state index in [4.69, 9.17) is 9.47 Å². The van der Waals surface area contributed by atoms with Gasteiger partial charge in [0.15, 0.2) is 0 Å². The second-order valence-electron chi connectivity index (χ2n) is 6.49. The van der Waals surface area contributed by atoms with Crippen molar-refractivity contribution in [3.8, 4) is 0 Å². The van der Waals surface area contributed by atoms with Crippen LogP contribution in [0.5, 0.6) is 0 Å². The second-order valence-corrected chi connectivity index (χ2v) is 9.38. The van der Waals surface area contributed by atoms with Crippen molar-refractivity contribution in [1.82, 2.24) is 13.9 Å². The van der Waals surface area contributed by atoms with Crippen molar-refractivity contribution >= 4 is 38.4 Å². The van der Waals surface area contributed by atoms with E-state index in [1.54, 1.807) is 30.3 Å². The average Bonchev–Trinajstić information content (AvgIpc) is 3.39. The quantitative estimate of drug-likeness (QED) is 0.553. The van der Waals surface area contributed by atoms with Crippen molar-refractivity contribution in [3.05, 3.63) is 46.4 Å². The molecule has 0 atom stereocenters. The number of rotatable bonds is 6. The van der Waals surface area contributed by atoms with Crippen molar-refractivity contribution in [2.75, 3.05) is 26.3 Å². The van der Waals surface area contributed by atoms with Crippen LogP contribution in [0.4, 0.5) is 0 Å². The number of esters is 1. The van der Waals surface area contributed by atoms with Gasteiger partial charge in [0.2, 0.25) is 10.0 Å². The molecule has 0 N–H and O–H groups in total. The fourth-order valence-electron chi connectivity index (χ4n) is 3.31. The summed E-state index contributed by atoms with van der Waals surface area (Å²) < 4.78 is 39.8. The lowest BCUT2D eigenvalue weighted by Gasteiger charge is -2.26. The third kappa shape index (κ3) is 3.93. The first-order valence-corrected chi connectivity index (χ1v) is 11.6. The minimum absolute atomic E-state index is 0.0187. The third-order valence-corrected chi connectivity index (χ3v) is 7.52. The van der Waals surface area contributed by atoms with E-state index in [1.807, 2.05) is 16.9 Å². The van der Waals surface area contributed by atoms with E-state index in [-0.39, 0.29) is 11.5 Å². The molecule has 10 heteroatoms. The van der Waals surface area contributed by atoms with Crippen molar-refractivity contribution in [2.45, 2.75) is 25.0 Å². The molecular weight excluding hydrogens is 414 g/mol. The third-order valence-electron chi connectivity index (χ3n) is 4.78. The van der Waals surface area contributed by atoms with Gasteiger partial charge in [0.05, 0.1) is 29.1 Å². The normalized spacial score (nSPS) is 15.6. The van der Waals surface area contributed by atoms with Gasteiger partial charge in [-0.25, -0.2) is 18.2 Å². The van der Waals surface area contributed by atoms with Gasteiger partial charge in [-0.15, -0.1) is 11.3 Å². The van der Waals surface area contributed by atoms with Gasteiger partial charge in [-0.05, 0) is 36.6 Å². The Morgan fingerprint density at radius 3 is 2.76 bits per heavy atom. The smallest absolute Gasteiger partial charge is 0.348 e. The first-order valence-electron chi connectivity index (χ1n) is 9.28. The molecular formula is C19H21N3O5S2. The minimum atomic E-state index is -3.60. The number of fused-ring (bicyclic) bond motifs is 1. The number of aryl methyl sites for hydroxylation is 1. The van der Waals surface area contributed by atoms with Crippen LogP contribution < -0.4 is 0 Å². The summed E-state index contributed by atoms with van der Waals surface area (Å²) in [5, 5.41) is 1.81. The molecule has 0 unspecified atom stereocenters. The van der Waals surface area contributed by atoms with Crippen molar-refractivity contribution in [2.24, 2.45) is 0 Å². The van der Waals surface area contributed by atoms with Crippen molar-refractivity contribution < 1.29 is 22.7 Å². The van der Waals surface area contributed by atoms with Crippen LogP contribution in [-0.4, -0.2) is 54.5 Å². The highest BCUT2D eigenvalue weighted by atomic mass is 32.2. The summed E-state index contributed by atoms with van der Waals surface area (Å²) in [6, 6.07) is 8.43. The maximum Gasteiger partial charge on any atom is 0.348 e. The van der Waals surface area contributed by atoms with E-state index in [1.165, 1.54) is 15.6 Å². The number of imidazole rings is 1. The highest BCUT2D eigenvalue weighted by Gasteiger charge is 2.27. The topological polar surface area (TPSA) is 90.7 Å². The van der Waals surface area contributed by atoms with Gasteiger partial charge in [0.25, 0.3) is 0 Å². The Hall–Kier alpha value is -2.27. The molecule has 1 aromatic carbocycles. The number of ether oxygens (including phenoxy) is 2. The lowest BCUT2D eigenvalue weighted by atomic mass is 10.3. The number of carbonyl (C=O) groups is 1. The van der Waals surface area contributed by atoms with Crippen LogP contribution in [0.1, 0.15) is 22.4 Å². The molecule has 1 aliphatic rings. The Morgan fingerprint density at radius 1 is 1.28 bits per heavy atom. The summed E-state index contributed by atoms with van der Waals surface area (Å²) in [6.07, 6.45) is 0. The summed E-state index contributed by atoms with van der Waals surface area (Å²) >= 11 is 1.32. The number of carbonyl (C=O) groups excluding carboxylic acids is 1. The molecule has 0 bridgehead atoms. The Labute approximate surface area is 172 Å². The van der Waals surface area contributed by atoms with E-state index in [9.17, 15) is 13.2 Å². The molecule has 1 fully saturated rings. The summed E-state index contributed by atoms with van der Waals surface area (Å²) in [7, 11) is -3.60. The standard InChI is InChI=1S/C19H21N3O5S2/c1-2-22-16-6-5-14(29(24,25)21-7-9-26-10-8-21)12-15(16)20-18(22)13-27-19(23)17-4-3-11-28-17/h3-6,11-12H,2,7-10,13H2,1H3. The minimum Gasteiger partial charge on any atom is -0.453 e. The molecule has 154 valence electrons. The number of hydrogen-bond acceptors (Lipinski definition) is 7. The van der Waals surface area contributed by atoms with Crippen LogP contribution in [0.15, 0.2) is 40.6 Å². The van der Waals surface area contributed by atoms with Gasteiger partial charge in [0.1, 0.15) is 17.3 Å². The van der Waals surface area contributed by atoms with Gasteiger partial charge in [-0.3, -0.25) is 0 Å². The maximum absolute atomic E-state index is 12.9. The zero-order valence-electron chi connectivity index (χ0n) is 15.9. The lowest BCUT2D eigenvalue weighted by molar-refractivity contribution is 0.0464. The zero-order valence-corrected chi connectivity index (χ0v) is 17.5. The predicted octanol–water partition coefficient (Wildman–Crippen LogP) is 2.50. The maximum atomic E-state index is 12.9. The number of hydrogen-bond donors (Lipinski definition) is 0. The monoisotopic (exact) mass is 435 g/mol. The van der Waals surface area contributed by atoms with Crippen molar-refractivity contribution in [1.29, 1.82) is 0 Å². The molecule has 4 rings (SSSR count). The van der Waals surface area contributed by atoms with Crippen LogP contribution in [0.2, 0.25) is 0 Å². The van der Waals surface area contributed by atoms with E-state index in [2.05, 4.69) is 4.98 Å². The van der Waals surface area contributed by atoms with Crippen LogP contribution >= 0.6 is 11.3 Å². The molecule has 0 radical (unpaired) electrons. The molecule has 8 nitrogen and oxygen atoms in total. The highest BCUT2D eigenvalue weighted by Crippen LogP contribution is 2.24. The molecule has 2 aromatic heterocycles. The van der Waals surface area contributed by atoms with Gasteiger partial charge < -0.3 is 14.0 Å². The molecule has 0 amide bonds. The molecule has 1 saturated heterocycles. The Kier molecular flexibility index (Phi) is 5.68. The summed E-state index contributed by atoms with van der Waals surface area (Å²) in [4.78, 5) is 17.4. The second kappa shape index (κ2) is 8.23. The van der Waals surface area contributed by atoms with Gasteiger partial charge in [-0.1, -0.05) is 6.07 Å². The van der Waals surface area contributed by atoms with Crippen LogP contribution in [-0.2, 0) is 32.6 Å². The molecule has 0 aliphatic carbocycles. The lowest BCUT2D eigenvalue weighted by Crippen LogP contribution is -2.40. The van der Waals surface area contributed by atoms with Crippen LogP contribution in [0.25, 0.3) is 11.0 Å². The first kappa shape index (κ1) is 20.0. The Morgan fingerprint density at radius 2 is 2.07 bits per heavy atom. The van der Waals surface area contributed by atoms with Crippen LogP contribution in [0.3, 0.4) is 0 Å². The number of benzene rings is 1. The molecule has 3 aromatic rings. The summed E-state index contributed by atoms with van der Waals surface area (Å²) in [5.41, 5.74) is 1.36. The van der Waals surface area contributed by atoms with E-state index < -0.39 is 16.0 Å². The fourth-order valence-corrected chi connectivity index (χ4v) is 5.36. The largest absolute Gasteiger partial charge is 0.453 e. The number of nitrogens with zero attached hydrogens (tertiary/aromatic N) is 3. The number of aromatic nitrogens is 2. The Bertz CT molecular complexity index is 1120. The van der Waals surface area contributed by atoms with Gasteiger partial charge >= 0.3 is 5.97 Å². The highest BCUT2D eigenvalue weighted by molar-refractivity contribution is 7.89. The molecule has 3 heterocycles. The molecule has 0 saturated carbocycles. The zero-order chi connectivity index (χ0) is 20.4.